The Bertz CT molecular complexity index is 402. The number of rotatable bonds is 0. The monoisotopic (exact) mass is 189 g/mol. The molecule has 3 heteroatoms. The number of carbonyl (C=O) groups is 1. The van der Waals surface area contributed by atoms with Crippen molar-refractivity contribution in [1.29, 1.82) is 0 Å². The number of benzene rings is 1. The predicted molar refractivity (Wildman–Crippen MR) is 50.9 cm³/mol. The van der Waals surface area contributed by atoms with Crippen molar-refractivity contribution >= 4 is 6.09 Å². The number of aryl methyl sites for hydroxylation is 1. The van der Waals surface area contributed by atoms with Gasteiger partial charge in [-0.1, -0.05) is 24.3 Å². The summed E-state index contributed by atoms with van der Waals surface area (Å²) in [6, 6.07) is 8.19. The first-order chi connectivity index (χ1) is 6.80. The van der Waals surface area contributed by atoms with Gasteiger partial charge < -0.3 is 10.1 Å². The van der Waals surface area contributed by atoms with Crippen LogP contribution in [0.5, 0.6) is 0 Å². The highest BCUT2D eigenvalue weighted by Gasteiger charge is 2.46. The first kappa shape index (κ1) is 7.85. The van der Waals surface area contributed by atoms with E-state index >= 15 is 0 Å². The molecule has 1 heterocycles. The summed E-state index contributed by atoms with van der Waals surface area (Å²) in [7, 11) is 0. The molecule has 1 aromatic carbocycles. The van der Waals surface area contributed by atoms with E-state index in [-0.39, 0.29) is 11.7 Å². The summed E-state index contributed by atoms with van der Waals surface area (Å²) in [4.78, 5) is 11.1. The largest absolute Gasteiger partial charge is 0.436 e. The van der Waals surface area contributed by atoms with Gasteiger partial charge in [-0.15, -0.1) is 0 Å². The van der Waals surface area contributed by atoms with Crippen LogP contribution in [0.15, 0.2) is 24.3 Å². The normalized spacial score (nSPS) is 28.7. The minimum Gasteiger partial charge on any atom is -0.436 e. The molecule has 0 radical (unpaired) electrons. The second-order valence-electron chi connectivity index (χ2n) is 3.89. The van der Waals surface area contributed by atoms with Crippen LogP contribution >= 0.6 is 0 Å². The summed E-state index contributed by atoms with van der Waals surface area (Å²) in [5.74, 6) is 0. The van der Waals surface area contributed by atoms with Crippen molar-refractivity contribution < 1.29 is 9.53 Å². The maximum atomic E-state index is 11.1. The molecule has 1 fully saturated rings. The lowest BCUT2D eigenvalue weighted by Gasteiger charge is -2.21. The van der Waals surface area contributed by atoms with Gasteiger partial charge in [-0.2, -0.15) is 0 Å². The van der Waals surface area contributed by atoms with Gasteiger partial charge in [0.1, 0.15) is 0 Å². The Balaban J connectivity index is 2.09. The van der Waals surface area contributed by atoms with E-state index in [2.05, 4.69) is 17.4 Å². The van der Waals surface area contributed by atoms with Crippen LogP contribution in [0, 0.1) is 0 Å². The minimum absolute atomic E-state index is 0.290. The van der Waals surface area contributed by atoms with Gasteiger partial charge in [0.2, 0.25) is 0 Å². The van der Waals surface area contributed by atoms with Gasteiger partial charge in [0, 0.05) is 5.56 Å². The molecule has 72 valence electrons. The molecule has 1 atom stereocenters. The summed E-state index contributed by atoms with van der Waals surface area (Å²) >= 11 is 0. The molecule has 2 aliphatic rings. The molecule has 1 saturated heterocycles. The SMILES string of the molecule is O=C1NC[C@@]2(CCc3ccccc32)O1. The van der Waals surface area contributed by atoms with Crippen LogP contribution < -0.4 is 5.32 Å². The van der Waals surface area contributed by atoms with Crippen molar-refractivity contribution in [2.45, 2.75) is 18.4 Å². The molecule has 14 heavy (non-hydrogen) atoms. The van der Waals surface area contributed by atoms with E-state index in [1.165, 1.54) is 11.1 Å². The Morgan fingerprint density at radius 3 is 3.00 bits per heavy atom. The lowest BCUT2D eigenvalue weighted by atomic mass is 9.96. The van der Waals surface area contributed by atoms with E-state index in [1.807, 2.05) is 12.1 Å². The van der Waals surface area contributed by atoms with Crippen molar-refractivity contribution in [3.63, 3.8) is 0 Å². The van der Waals surface area contributed by atoms with Gasteiger partial charge >= 0.3 is 6.09 Å². The smallest absolute Gasteiger partial charge is 0.408 e. The summed E-state index contributed by atoms with van der Waals surface area (Å²) < 4.78 is 5.39. The van der Waals surface area contributed by atoms with Gasteiger partial charge in [-0.05, 0) is 18.4 Å². The number of alkyl carbamates (subject to hydrolysis) is 1. The van der Waals surface area contributed by atoms with Gasteiger partial charge in [-0.25, -0.2) is 4.79 Å². The number of hydrogen-bond donors (Lipinski definition) is 1. The molecule has 3 rings (SSSR count). The molecule has 1 amide bonds. The van der Waals surface area contributed by atoms with Crippen LogP contribution in [0.1, 0.15) is 17.5 Å². The van der Waals surface area contributed by atoms with E-state index in [0.717, 1.165) is 12.8 Å². The van der Waals surface area contributed by atoms with Crippen molar-refractivity contribution in [2.75, 3.05) is 6.54 Å². The number of carbonyl (C=O) groups excluding carboxylic acids is 1. The molecule has 0 unspecified atom stereocenters. The third-order valence-electron chi connectivity index (χ3n) is 3.11. The van der Waals surface area contributed by atoms with Crippen LogP contribution in [-0.4, -0.2) is 12.6 Å². The zero-order chi connectivity index (χ0) is 9.60. The molecule has 0 aromatic heterocycles. The highest BCUT2D eigenvalue weighted by molar-refractivity contribution is 5.71. The van der Waals surface area contributed by atoms with Gasteiger partial charge in [0.25, 0.3) is 0 Å². The Hall–Kier alpha value is -1.51. The molecular weight excluding hydrogens is 178 g/mol. The molecule has 0 saturated carbocycles. The fourth-order valence-corrected chi connectivity index (χ4v) is 2.41. The topological polar surface area (TPSA) is 38.3 Å². The molecule has 1 aromatic rings. The first-order valence-corrected chi connectivity index (χ1v) is 4.85. The average molecular weight is 189 g/mol. The Labute approximate surface area is 82.1 Å². The van der Waals surface area contributed by atoms with Crippen LogP contribution in [0.3, 0.4) is 0 Å². The third-order valence-corrected chi connectivity index (χ3v) is 3.11. The van der Waals surface area contributed by atoms with Gasteiger partial charge in [0.05, 0.1) is 6.54 Å². The van der Waals surface area contributed by atoms with Crippen molar-refractivity contribution in [3.05, 3.63) is 35.4 Å². The number of amides is 1. The lowest BCUT2D eigenvalue weighted by Crippen LogP contribution is -2.27. The summed E-state index contributed by atoms with van der Waals surface area (Å²) in [6.07, 6.45) is 1.62. The first-order valence-electron chi connectivity index (χ1n) is 4.85. The van der Waals surface area contributed by atoms with Crippen LogP contribution in [0.4, 0.5) is 4.79 Å². The summed E-state index contributed by atoms with van der Waals surface area (Å²) in [6.45, 7) is 0.614. The van der Waals surface area contributed by atoms with E-state index in [4.69, 9.17) is 4.74 Å². The summed E-state index contributed by atoms with van der Waals surface area (Å²) in [5, 5.41) is 2.73. The molecule has 1 spiro atoms. The molecule has 1 aliphatic heterocycles. The van der Waals surface area contributed by atoms with E-state index < -0.39 is 0 Å². The van der Waals surface area contributed by atoms with Gasteiger partial charge in [-0.3, -0.25) is 0 Å². The maximum Gasteiger partial charge on any atom is 0.408 e. The highest BCUT2D eigenvalue weighted by atomic mass is 16.6. The molecule has 1 N–H and O–H groups in total. The maximum absolute atomic E-state index is 11.1. The zero-order valence-electron chi connectivity index (χ0n) is 7.75. The van der Waals surface area contributed by atoms with Crippen LogP contribution in [0.25, 0.3) is 0 Å². The van der Waals surface area contributed by atoms with Crippen LogP contribution in [0.2, 0.25) is 0 Å². The zero-order valence-corrected chi connectivity index (χ0v) is 7.75. The Morgan fingerprint density at radius 1 is 1.36 bits per heavy atom. The highest BCUT2D eigenvalue weighted by Crippen LogP contribution is 2.41. The van der Waals surface area contributed by atoms with E-state index in [0.29, 0.717) is 6.54 Å². The van der Waals surface area contributed by atoms with E-state index in [9.17, 15) is 4.79 Å². The number of nitrogens with one attached hydrogen (secondary N) is 1. The number of fused-ring (bicyclic) bond motifs is 2. The standard InChI is InChI=1S/C11H11NO2/c13-10-12-7-11(14-10)6-5-8-3-1-2-4-9(8)11/h1-4H,5-7H2,(H,12,13)/t11-/m1/s1. The third kappa shape index (κ3) is 0.895. The minimum atomic E-state index is -0.367. The quantitative estimate of drug-likeness (QED) is 0.672. The Kier molecular flexibility index (Phi) is 1.40. The fourth-order valence-electron chi connectivity index (χ4n) is 2.41. The predicted octanol–water partition coefficient (Wildman–Crippen LogP) is 1.57. The average Bonchev–Trinajstić information content (AvgIpc) is 2.75. The van der Waals surface area contributed by atoms with Crippen molar-refractivity contribution in [2.24, 2.45) is 0 Å². The van der Waals surface area contributed by atoms with E-state index in [1.54, 1.807) is 0 Å². The molecule has 3 nitrogen and oxygen atoms in total. The fraction of sp³-hybridized carbons (Fsp3) is 0.364. The van der Waals surface area contributed by atoms with Crippen LogP contribution in [-0.2, 0) is 16.8 Å². The summed E-state index contributed by atoms with van der Waals surface area (Å²) in [5.41, 5.74) is 2.12. The molecule has 0 bridgehead atoms. The van der Waals surface area contributed by atoms with Crippen molar-refractivity contribution in [1.82, 2.24) is 5.32 Å². The number of hydrogen-bond acceptors (Lipinski definition) is 2. The Morgan fingerprint density at radius 2 is 2.21 bits per heavy atom. The number of ether oxygens (including phenoxy) is 1. The van der Waals surface area contributed by atoms with Gasteiger partial charge in [0.15, 0.2) is 5.60 Å². The van der Waals surface area contributed by atoms with Crippen molar-refractivity contribution in [3.8, 4) is 0 Å². The second-order valence-corrected chi connectivity index (χ2v) is 3.89. The second kappa shape index (κ2) is 2.50. The molecule has 1 aliphatic carbocycles. The lowest BCUT2D eigenvalue weighted by molar-refractivity contribution is 0.0561. The molecular formula is C11H11NO2.